The van der Waals surface area contributed by atoms with Crippen molar-refractivity contribution in [2.24, 2.45) is 0 Å². The highest BCUT2D eigenvalue weighted by molar-refractivity contribution is 7.09. The minimum absolute atomic E-state index is 0.0184. The Balaban J connectivity index is 1.82. The second-order valence-corrected chi connectivity index (χ2v) is 11.4. The maximum atomic E-state index is 13.5. The Morgan fingerprint density at radius 1 is 0.757 bits per heavy atom. The van der Waals surface area contributed by atoms with Gasteiger partial charge in [0, 0.05) is 23.9 Å². The molecule has 0 radical (unpaired) electrons. The molecule has 1 heterocycles. The summed E-state index contributed by atoms with van der Waals surface area (Å²) < 4.78 is 0. The van der Waals surface area contributed by atoms with Gasteiger partial charge in [-0.25, -0.2) is 0 Å². The van der Waals surface area contributed by atoms with E-state index in [1.807, 2.05) is 39.4 Å². The predicted molar refractivity (Wildman–Crippen MR) is 158 cm³/mol. The zero-order valence-electron chi connectivity index (χ0n) is 23.6. The van der Waals surface area contributed by atoms with Gasteiger partial charge in [0.15, 0.2) is 0 Å². The smallest absolute Gasteiger partial charge is 0.242 e. The molecule has 1 aromatic heterocycles. The number of carbonyl (C=O) groups is 2. The van der Waals surface area contributed by atoms with E-state index in [1.165, 1.54) is 57.8 Å². The van der Waals surface area contributed by atoms with Gasteiger partial charge in [-0.05, 0) is 36.8 Å². The summed E-state index contributed by atoms with van der Waals surface area (Å²) in [5, 5.41) is 2.04. The van der Waals surface area contributed by atoms with Crippen LogP contribution in [0.25, 0.3) is 0 Å². The normalized spacial score (nSPS) is 11.9. The summed E-state index contributed by atoms with van der Waals surface area (Å²) >= 11 is 1.67. The Bertz CT molecular complexity index is 853. The molecule has 0 saturated heterocycles. The van der Waals surface area contributed by atoms with Crippen LogP contribution in [0, 0.1) is 0 Å². The molecular weight excluding hydrogens is 476 g/mol. The predicted octanol–water partition coefficient (Wildman–Crippen LogP) is 8.61. The van der Waals surface area contributed by atoms with Gasteiger partial charge in [-0.1, -0.05) is 114 Å². The molecule has 0 N–H and O–H groups in total. The van der Waals surface area contributed by atoms with Crippen LogP contribution < -0.4 is 0 Å². The van der Waals surface area contributed by atoms with E-state index in [-0.39, 0.29) is 24.4 Å². The lowest BCUT2D eigenvalue weighted by atomic mass is 10.0. The summed E-state index contributed by atoms with van der Waals surface area (Å²) in [6, 6.07) is 14.3. The van der Waals surface area contributed by atoms with Gasteiger partial charge in [0.1, 0.15) is 6.54 Å². The molecule has 2 amide bonds. The van der Waals surface area contributed by atoms with Gasteiger partial charge in [0.05, 0.1) is 6.54 Å². The lowest BCUT2D eigenvalue weighted by molar-refractivity contribution is -0.143. The van der Waals surface area contributed by atoms with E-state index in [0.717, 1.165) is 29.7 Å². The van der Waals surface area contributed by atoms with E-state index in [0.29, 0.717) is 19.5 Å². The van der Waals surface area contributed by atoms with Crippen LogP contribution in [0.1, 0.15) is 115 Å². The fraction of sp³-hybridized carbons (Fsp3) is 0.625. The van der Waals surface area contributed by atoms with E-state index in [4.69, 9.17) is 0 Å². The molecule has 206 valence electrons. The largest absolute Gasteiger partial charge is 0.332 e. The molecule has 0 unspecified atom stereocenters. The number of nitrogens with zero attached hydrogens (tertiary/aromatic N) is 2. The molecular formula is C32H50N2O2S. The van der Waals surface area contributed by atoms with Crippen LogP contribution >= 0.6 is 11.3 Å². The molecule has 0 aliphatic rings. The summed E-state index contributed by atoms with van der Waals surface area (Å²) in [6.07, 6.45) is 15.3. The van der Waals surface area contributed by atoms with Crippen molar-refractivity contribution < 1.29 is 9.59 Å². The second-order valence-electron chi connectivity index (χ2n) is 10.4. The average Bonchev–Trinajstić information content (AvgIpc) is 3.43. The summed E-state index contributed by atoms with van der Waals surface area (Å²) in [6.45, 7) is 7.70. The van der Waals surface area contributed by atoms with E-state index in [9.17, 15) is 9.59 Å². The monoisotopic (exact) mass is 526 g/mol. The van der Waals surface area contributed by atoms with Crippen LogP contribution in [0.15, 0.2) is 47.8 Å². The Kier molecular flexibility index (Phi) is 16.0. The molecule has 0 fully saturated rings. The van der Waals surface area contributed by atoms with Crippen molar-refractivity contribution in [2.75, 3.05) is 6.54 Å². The van der Waals surface area contributed by atoms with Gasteiger partial charge < -0.3 is 9.80 Å². The SMILES string of the molecule is CCCCCCCCCCCCCC(=O)N(CC(=O)N(Cc1ccccc1)Cc1cccs1)[C@@H](C)CC. The zero-order valence-corrected chi connectivity index (χ0v) is 24.4. The van der Waals surface area contributed by atoms with E-state index >= 15 is 0 Å². The Morgan fingerprint density at radius 2 is 1.38 bits per heavy atom. The first kappa shape index (κ1) is 31.1. The first-order valence-electron chi connectivity index (χ1n) is 14.7. The van der Waals surface area contributed by atoms with Crippen molar-refractivity contribution in [1.29, 1.82) is 0 Å². The number of hydrogen-bond donors (Lipinski definition) is 0. The van der Waals surface area contributed by atoms with Crippen LogP contribution in [-0.4, -0.2) is 34.2 Å². The molecule has 2 rings (SSSR count). The minimum Gasteiger partial charge on any atom is -0.332 e. The summed E-state index contributed by atoms with van der Waals surface area (Å²) in [5.74, 6) is 0.138. The van der Waals surface area contributed by atoms with E-state index in [2.05, 4.69) is 39.0 Å². The van der Waals surface area contributed by atoms with Gasteiger partial charge in [0.2, 0.25) is 11.8 Å². The van der Waals surface area contributed by atoms with Crippen molar-refractivity contribution in [3.8, 4) is 0 Å². The number of hydrogen-bond acceptors (Lipinski definition) is 3. The summed E-state index contributed by atoms with van der Waals surface area (Å²) in [7, 11) is 0. The number of unbranched alkanes of at least 4 members (excludes halogenated alkanes) is 10. The number of benzene rings is 1. The summed E-state index contributed by atoms with van der Waals surface area (Å²) in [4.78, 5) is 31.6. The third-order valence-corrected chi connectivity index (χ3v) is 8.10. The molecule has 1 aromatic carbocycles. The standard InChI is InChI=1S/C32H50N2O2S/c1-4-6-7-8-9-10-11-12-13-14-18-23-31(35)34(28(3)5-2)27-32(36)33(26-30-22-19-24-37-30)25-29-20-16-15-17-21-29/h15-17,19-22,24,28H,4-14,18,23,25-27H2,1-3H3/t28-/m0/s1. The first-order valence-corrected chi connectivity index (χ1v) is 15.6. The highest BCUT2D eigenvalue weighted by Gasteiger charge is 2.25. The Morgan fingerprint density at radius 3 is 1.95 bits per heavy atom. The molecule has 0 aliphatic carbocycles. The molecule has 0 bridgehead atoms. The lowest BCUT2D eigenvalue weighted by Gasteiger charge is -2.31. The first-order chi connectivity index (χ1) is 18.0. The lowest BCUT2D eigenvalue weighted by Crippen LogP contribution is -2.46. The zero-order chi connectivity index (χ0) is 26.7. The van der Waals surface area contributed by atoms with Gasteiger partial charge >= 0.3 is 0 Å². The van der Waals surface area contributed by atoms with Crippen LogP contribution in [0.5, 0.6) is 0 Å². The Labute approximate surface area is 230 Å². The summed E-state index contributed by atoms with van der Waals surface area (Å²) in [5.41, 5.74) is 1.11. The topological polar surface area (TPSA) is 40.6 Å². The molecule has 37 heavy (non-hydrogen) atoms. The second kappa shape index (κ2) is 19.0. The van der Waals surface area contributed by atoms with Crippen LogP contribution in [0.3, 0.4) is 0 Å². The van der Waals surface area contributed by atoms with E-state index < -0.39 is 0 Å². The Hall–Kier alpha value is -2.14. The molecule has 1 atom stereocenters. The van der Waals surface area contributed by atoms with Crippen molar-refractivity contribution in [1.82, 2.24) is 9.80 Å². The quantitative estimate of drug-likeness (QED) is 0.162. The van der Waals surface area contributed by atoms with Crippen LogP contribution in [0.4, 0.5) is 0 Å². The third kappa shape index (κ3) is 12.8. The molecule has 2 aromatic rings. The van der Waals surface area contributed by atoms with Gasteiger partial charge in [0.25, 0.3) is 0 Å². The van der Waals surface area contributed by atoms with Gasteiger partial charge in [-0.2, -0.15) is 0 Å². The van der Waals surface area contributed by atoms with Crippen LogP contribution in [-0.2, 0) is 22.7 Å². The number of amides is 2. The fourth-order valence-corrected chi connectivity index (χ4v) is 5.39. The van der Waals surface area contributed by atoms with Crippen molar-refractivity contribution in [3.63, 3.8) is 0 Å². The third-order valence-electron chi connectivity index (χ3n) is 7.24. The molecule has 5 heteroatoms. The van der Waals surface area contributed by atoms with E-state index in [1.54, 1.807) is 11.3 Å². The maximum absolute atomic E-state index is 13.5. The maximum Gasteiger partial charge on any atom is 0.242 e. The highest BCUT2D eigenvalue weighted by Crippen LogP contribution is 2.17. The molecule has 0 spiro atoms. The van der Waals surface area contributed by atoms with Crippen molar-refractivity contribution >= 4 is 23.2 Å². The minimum atomic E-state index is 0.0184. The fourth-order valence-electron chi connectivity index (χ4n) is 4.67. The van der Waals surface area contributed by atoms with Gasteiger partial charge in [-0.15, -0.1) is 11.3 Å². The highest BCUT2D eigenvalue weighted by atomic mass is 32.1. The molecule has 0 aliphatic heterocycles. The van der Waals surface area contributed by atoms with Crippen molar-refractivity contribution in [2.45, 2.75) is 123 Å². The number of rotatable bonds is 20. The number of thiophene rings is 1. The number of carbonyl (C=O) groups excluding carboxylic acids is 2. The molecule has 4 nitrogen and oxygen atoms in total. The average molecular weight is 527 g/mol. The molecule has 0 saturated carbocycles. The van der Waals surface area contributed by atoms with Crippen LogP contribution in [0.2, 0.25) is 0 Å². The van der Waals surface area contributed by atoms with Crippen molar-refractivity contribution in [3.05, 3.63) is 58.3 Å². The van der Waals surface area contributed by atoms with Gasteiger partial charge in [-0.3, -0.25) is 9.59 Å².